The second-order valence-corrected chi connectivity index (χ2v) is 4.85. The number of hydrogen-bond donors (Lipinski definition) is 1. The standard InChI is InChI=1S/C8H8F3NO3S/c9-8(10,11)16(13,14)7-3-1-2-6(4-7)5-15-12/h1-4H,5,12H2. The molecular weight excluding hydrogens is 247 g/mol. The Hall–Kier alpha value is -1.12. The summed E-state index contributed by atoms with van der Waals surface area (Å²) in [6.07, 6.45) is 0. The van der Waals surface area contributed by atoms with E-state index in [2.05, 4.69) is 4.84 Å². The van der Waals surface area contributed by atoms with Crippen LogP contribution in [0.15, 0.2) is 29.2 Å². The van der Waals surface area contributed by atoms with Crippen molar-refractivity contribution in [1.82, 2.24) is 0 Å². The zero-order chi connectivity index (χ0) is 12.4. The van der Waals surface area contributed by atoms with Crippen LogP contribution in [-0.4, -0.2) is 13.9 Å². The van der Waals surface area contributed by atoms with E-state index in [0.29, 0.717) is 0 Å². The van der Waals surface area contributed by atoms with Crippen molar-refractivity contribution in [2.24, 2.45) is 5.90 Å². The maximum absolute atomic E-state index is 12.2. The van der Waals surface area contributed by atoms with Crippen LogP contribution in [0.4, 0.5) is 13.2 Å². The minimum Gasteiger partial charge on any atom is -0.300 e. The molecule has 0 atom stereocenters. The monoisotopic (exact) mass is 255 g/mol. The average Bonchev–Trinajstić information content (AvgIpc) is 2.17. The first-order valence-corrected chi connectivity index (χ1v) is 5.49. The summed E-state index contributed by atoms with van der Waals surface area (Å²) in [4.78, 5) is 3.38. The molecule has 0 amide bonds. The maximum atomic E-state index is 12.2. The molecule has 0 unspecified atom stereocenters. The van der Waals surface area contributed by atoms with E-state index in [1.54, 1.807) is 0 Å². The van der Waals surface area contributed by atoms with Gasteiger partial charge < -0.3 is 0 Å². The van der Waals surface area contributed by atoms with Crippen molar-refractivity contribution in [3.05, 3.63) is 29.8 Å². The molecule has 0 spiro atoms. The number of halogens is 3. The number of benzene rings is 1. The highest BCUT2D eigenvalue weighted by Gasteiger charge is 2.46. The summed E-state index contributed by atoms with van der Waals surface area (Å²) < 4.78 is 58.6. The predicted octanol–water partition coefficient (Wildman–Crippen LogP) is 1.37. The van der Waals surface area contributed by atoms with Gasteiger partial charge in [0.1, 0.15) is 0 Å². The molecule has 1 aromatic carbocycles. The zero-order valence-electron chi connectivity index (χ0n) is 7.86. The Balaban J connectivity index is 3.20. The molecule has 2 N–H and O–H groups in total. The molecule has 90 valence electrons. The number of nitrogens with two attached hydrogens (primary N) is 1. The third kappa shape index (κ3) is 2.52. The third-order valence-electron chi connectivity index (χ3n) is 1.76. The van der Waals surface area contributed by atoms with E-state index < -0.39 is 20.2 Å². The molecule has 0 saturated carbocycles. The Kier molecular flexibility index (Phi) is 3.56. The van der Waals surface area contributed by atoms with Gasteiger partial charge in [-0.05, 0) is 17.7 Å². The lowest BCUT2D eigenvalue weighted by Gasteiger charge is -2.08. The second-order valence-electron chi connectivity index (χ2n) is 2.91. The van der Waals surface area contributed by atoms with Gasteiger partial charge in [-0.15, -0.1) is 0 Å². The Morgan fingerprint density at radius 1 is 1.31 bits per heavy atom. The van der Waals surface area contributed by atoms with Gasteiger partial charge in [0.05, 0.1) is 11.5 Å². The van der Waals surface area contributed by atoms with Crippen molar-refractivity contribution >= 4 is 9.84 Å². The summed E-state index contributed by atoms with van der Waals surface area (Å²) in [5, 5.41) is 0. The summed E-state index contributed by atoms with van der Waals surface area (Å²) in [6.45, 7) is -0.165. The van der Waals surface area contributed by atoms with Crippen molar-refractivity contribution in [2.45, 2.75) is 17.0 Å². The molecule has 0 bridgehead atoms. The normalized spacial score (nSPS) is 12.8. The Bertz CT molecular complexity index is 470. The van der Waals surface area contributed by atoms with Gasteiger partial charge in [0.25, 0.3) is 9.84 Å². The van der Waals surface area contributed by atoms with Crippen molar-refractivity contribution < 1.29 is 26.4 Å². The second kappa shape index (κ2) is 4.40. The van der Waals surface area contributed by atoms with Gasteiger partial charge in [0.15, 0.2) is 0 Å². The molecule has 16 heavy (non-hydrogen) atoms. The van der Waals surface area contributed by atoms with Crippen LogP contribution in [-0.2, 0) is 21.3 Å². The van der Waals surface area contributed by atoms with Crippen molar-refractivity contribution in [3.8, 4) is 0 Å². The highest BCUT2D eigenvalue weighted by atomic mass is 32.2. The number of rotatable bonds is 3. The van der Waals surface area contributed by atoms with Crippen molar-refractivity contribution in [3.63, 3.8) is 0 Å². The number of hydrogen-bond acceptors (Lipinski definition) is 4. The first-order chi connectivity index (χ1) is 7.29. The summed E-state index contributed by atoms with van der Waals surface area (Å²) in [7, 11) is -5.31. The van der Waals surface area contributed by atoms with Crippen molar-refractivity contribution in [2.75, 3.05) is 0 Å². The van der Waals surface area contributed by atoms with Crippen LogP contribution < -0.4 is 5.90 Å². The Labute approximate surface area is 89.7 Å². The van der Waals surface area contributed by atoms with Crippen LogP contribution >= 0.6 is 0 Å². The third-order valence-corrected chi connectivity index (χ3v) is 3.25. The fourth-order valence-electron chi connectivity index (χ4n) is 1.03. The molecular formula is C8H8F3NO3S. The first kappa shape index (κ1) is 12.9. The van der Waals surface area contributed by atoms with Crippen LogP contribution in [0, 0.1) is 0 Å². The van der Waals surface area contributed by atoms with Gasteiger partial charge in [-0.2, -0.15) is 13.2 Å². The van der Waals surface area contributed by atoms with Crippen LogP contribution in [0.3, 0.4) is 0 Å². The fraction of sp³-hybridized carbons (Fsp3) is 0.250. The molecule has 0 aliphatic rings. The summed E-state index contributed by atoms with van der Waals surface area (Å²) in [5.74, 6) is 4.73. The van der Waals surface area contributed by atoms with E-state index in [9.17, 15) is 21.6 Å². The smallest absolute Gasteiger partial charge is 0.300 e. The van der Waals surface area contributed by atoms with E-state index >= 15 is 0 Å². The molecule has 8 heteroatoms. The molecule has 0 saturated heterocycles. The molecule has 0 radical (unpaired) electrons. The molecule has 0 aliphatic heterocycles. The molecule has 4 nitrogen and oxygen atoms in total. The van der Waals surface area contributed by atoms with Gasteiger partial charge >= 0.3 is 5.51 Å². The van der Waals surface area contributed by atoms with Crippen LogP contribution in [0.1, 0.15) is 5.56 Å². The molecule has 0 heterocycles. The van der Waals surface area contributed by atoms with E-state index in [4.69, 9.17) is 5.90 Å². The highest BCUT2D eigenvalue weighted by molar-refractivity contribution is 7.92. The van der Waals surface area contributed by atoms with E-state index in [-0.39, 0.29) is 12.2 Å². The topological polar surface area (TPSA) is 69.4 Å². The van der Waals surface area contributed by atoms with E-state index in [0.717, 1.165) is 12.1 Å². The maximum Gasteiger partial charge on any atom is 0.501 e. The summed E-state index contributed by atoms with van der Waals surface area (Å²) in [5.41, 5.74) is -5.07. The fourth-order valence-corrected chi connectivity index (χ4v) is 1.86. The molecule has 1 rings (SSSR count). The van der Waals surface area contributed by atoms with Gasteiger partial charge in [0.2, 0.25) is 0 Å². The van der Waals surface area contributed by atoms with Gasteiger partial charge in [-0.3, -0.25) is 4.84 Å². The number of sulfone groups is 1. The lowest BCUT2D eigenvalue weighted by Crippen LogP contribution is -2.23. The van der Waals surface area contributed by atoms with Gasteiger partial charge in [-0.1, -0.05) is 12.1 Å². The Morgan fingerprint density at radius 2 is 1.94 bits per heavy atom. The van der Waals surface area contributed by atoms with Crippen molar-refractivity contribution in [1.29, 1.82) is 0 Å². The van der Waals surface area contributed by atoms with Gasteiger partial charge in [0, 0.05) is 0 Å². The van der Waals surface area contributed by atoms with Crippen LogP contribution in [0.5, 0.6) is 0 Å². The lowest BCUT2D eigenvalue weighted by molar-refractivity contribution is -0.0436. The molecule has 0 fully saturated rings. The van der Waals surface area contributed by atoms with E-state index in [1.807, 2.05) is 0 Å². The molecule has 0 aliphatic carbocycles. The largest absolute Gasteiger partial charge is 0.501 e. The minimum absolute atomic E-state index is 0.165. The Morgan fingerprint density at radius 3 is 2.44 bits per heavy atom. The zero-order valence-corrected chi connectivity index (χ0v) is 8.68. The summed E-state index contributed by atoms with van der Waals surface area (Å²) in [6, 6.07) is 4.33. The van der Waals surface area contributed by atoms with E-state index in [1.165, 1.54) is 12.1 Å². The SMILES string of the molecule is NOCc1cccc(S(=O)(=O)C(F)(F)F)c1. The minimum atomic E-state index is -5.31. The molecule has 1 aromatic rings. The average molecular weight is 255 g/mol. The first-order valence-electron chi connectivity index (χ1n) is 4.01. The molecule has 0 aromatic heterocycles. The quantitative estimate of drug-likeness (QED) is 0.828. The van der Waals surface area contributed by atoms with Crippen LogP contribution in [0.2, 0.25) is 0 Å². The lowest BCUT2D eigenvalue weighted by atomic mass is 10.2. The predicted molar refractivity (Wildman–Crippen MR) is 48.7 cm³/mol. The van der Waals surface area contributed by atoms with Gasteiger partial charge in [-0.25, -0.2) is 14.3 Å². The van der Waals surface area contributed by atoms with Crippen LogP contribution in [0.25, 0.3) is 0 Å². The highest BCUT2D eigenvalue weighted by Crippen LogP contribution is 2.30. The number of alkyl halides is 3. The summed E-state index contributed by atoms with van der Waals surface area (Å²) >= 11 is 0.